The van der Waals surface area contributed by atoms with Crippen LogP contribution in [0.1, 0.15) is 32.0 Å². The van der Waals surface area contributed by atoms with E-state index in [4.69, 9.17) is 14.5 Å². The van der Waals surface area contributed by atoms with Crippen LogP contribution < -0.4 is 20.7 Å². The van der Waals surface area contributed by atoms with Crippen LogP contribution in [0.25, 0.3) is 21.9 Å². The van der Waals surface area contributed by atoms with Gasteiger partial charge in [-0.2, -0.15) is 0 Å². The van der Waals surface area contributed by atoms with E-state index < -0.39 is 0 Å². The van der Waals surface area contributed by atoms with Gasteiger partial charge in [0.1, 0.15) is 5.75 Å². The first kappa shape index (κ1) is 29.5. The topological polar surface area (TPSA) is 87.8 Å². The number of morpholine rings is 1. The highest BCUT2D eigenvalue weighted by Crippen LogP contribution is 2.34. The highest BCUT2D eigenvalue weighted by atomic mass is 16.5. The van der Waals surface area contributed by atoms with Gasteiger partial charge >= 0.3 is 6.03 Å². The van der Waals surface area contributed by atoms with Crippen molar-refractivity contribution < 1.29 is 14.3 Å². The van der Waals surface area contributed by atoms with E-state index in [1.165, 1.54) is 0 Å². The quantitative estimate of drug-likeness (QED) is 0.207. The monoisotopic (exact) mass is 567 g/mol. The van der Waals surface area contributed by atoms with Crippen LogP contribution in [-0.2, 0) is 16.7 Å². The van der Waals surface area contributed by atoms with E-state index in [1.807, 2.05) is 54.7 Å². The second-order valence-corrected chi connectivity index (χ2v) is 11.6. The summed E-state index contributed by atoms with van der Waals surface area (Å²) in [5.74, 6) is 0.613. The number of amides is 2. The van der Waals surface area contributed by atoms with E-state index in [-0.39, 0.29) is 11.4 Å². The molecule has 3 aromatic carbocycles. The second kappa shape index (κ2) is 13.3. The van der Waals surface area contributed by atoms with Crippen LogP contribution in [0.15, 0.2) is 72.9 Å². The number of anilines is 2. The molecule has 0 unspecified atom stereocenters. The van der Waals surface area contributed by atoms with Gasteiger partial charge in [-0.3, -0.25) is 9.88 Å². The molecule has 42 heavy (non-hydrogen) atoms. The Bertz CT molecular complexity index is 1510. The van der Waals surface area contributed by atoms with Crippen molar-refractivity contribution >= 4 is 28.2 Å². The molecule has 0 aliphatic carbocycles. The van der Waals surface area contributed by atoms with Crippen molar-refractivity contribution in [3.63, 3.8) is 0 Å². The minimum absolute atomic E-state index is 0.0577. The average Bonchev–Trinajstić information content (AvgIpc) is 3.00. The lowest BCUT2D eigenvalue weighted by atomic mass is 9.87. The fraction of sp³-hybridized carbons (Fsp3) is 0.353. The summed E-state index contributed by atoms with van der Waals surface area (Å²) < 4.78 is 10.9. The van der Waals surface area contributed by atoms with Gasteiger partial charge in [0, 0.05) is 49.9 Å². The molecule has 2 amide bonds. The Morgan fingerprint density at radius 2 is 1.71 bits per heavy atom. The number of fused-ring (bicyclic) bond motifs is 1. The Labute approximate surface area is 248 Å². The van der Waals surface area contributed by atoms with E-state index in [1.54, 1.807) is 7.11 Å². The van der Waals surface area contributed by atoms with Crippen LogP contribution in [0, 0.1) is 0 Å². The van der Waals surface area contributed by atoms with Crippen molar-refractivity contribution in [1.29, 1.82) is 0 Å². The van der Waals surface area contributed by atoms with Crippen molar-refractivity contribution in [3.05, 3.63) is 84.2 Å². The number of pyridine rings is 1. The Hall–Kier alpha value is -3.98. The van der Waals surface area contributed by atoms with Crippen LogP contribution in [0.4, 0.5) is 16.2 Å². The zero-order valence-corrected chi connectivity index (χ0v) is 25.0. The smallest absolute Gasteiger partial charge is 0.323 e. The summed E-state index contributed by atoms with van der Waals surface area (Å²) in [6, 6.07) is 21.8. The molecule has 1 fully saturated rings. The maximum atomic E-state index is 13.1. The van der Waals surface area contributed by atoms with Crippen LogP contribution in [0.5, 0.6) is 5.75 Å². The molecule has 0 spiro atoms. The van der Waals surface area contributed by atoms with Gasteiger partial charge in [0.25, 0.3) is 0 Å². The SMILES string of the molecule is COc1ccc(C(C)(C)C)cc1NC(=O)Nc1ccc(-c2ccc(CNCCN3CCOCC3)nc2)c2ccccc12. The fourth-order valence-electron chi connectivity index (χ4n) is 5.17. The number of ether oxygens (including phenoxy) is 2. The molecular weight excluding hydrogens is 526 g/mol. The summed E-state index contributed by atoms with van der Waals surface area (Å²) in [4.78, 5) is 20.3. The van der Waals surface area contributed by atoms with Gasteiger partial charge in [0.05, 0.1) is 37.4 Å². The first-order valence-electron chi connectivity index (χ1n) is 14.6. The maximum absolute atomic E-state index is 13.1. The van der Waals surface area contributed by atoms with E-state index in [0.717, 1.165) is 84.8 Å². The minimum atomic E-state index is -0.329. The van der Waals surface area contributed by atoms with Gasteiger partial charge in [-0.15, -0.1) is 0 Å². The Kier molecular flexibility index (Phi) is 9.37. The molecular formula is C34H41N5O3. The van der Waals surface area contributed by atoms with Gasteiger partial charge < -0.3 is 25.4 Å². The van der Waals surface area contributed by atoms with Gasteiger partial charge in [0.2, 0.25) is 0 Å². The third-order valence-corrected chi connectivity index (χ3v) is 7.64. The summed E-state index contributed by atoms with van der Waals surface area (Å²) in [5.41, 5.74) is 5.51. The average molecular weight is 568 g/mol. The van der Waals surface area contributed by atoms with Crippen molar-refractivity contribution in [2.24, 2.45) is 0 Å². The largest absolute Gasteiger partial charge is 0.495 e. The third-order valence-electron chi connectivity index (χ3n) is 7.64. The lowest BCUT2D eigenvalue weighted by molar-refractivity contribution is 0.0384. The molecule has 5 rings (SSSR count). The number of nitrogens with one attached hydrogen (secondary N) is 3. The fourth-order valence-corrected chi connectivity index (χ4v) is 5.17. The number of hydrogen-bond acceptors (Lipinski definition) is 6. The molecule has 2 heterocycles. The standard InChI is InChI=1S/C34H41N5O3/c1-34(2,3)25-10-14-32(41-4)31(21-25)38-33(40)37-30-13-12-27(28-7-5-6-8-29(28)30)24-9-11-26(36-22-24)23-35-15-16-39-17-19-42-20-18-39/h5-14,21-22,35H,15-20,23H2,1-4H3,(H2,37,38,40). The van der Waals surface area contributed by atoms with Crippen LogP contribution >= 0.6 is 0 Å². The number of carbonyl (C=O) groups is 1. The number of urea groups is 1. The van der Waals surface area contributed by atoms with Gasteiger partial charge in [-0.25, -0.2) is 4.79 Å². The summed E-state index contributed by atoms with van der Waals surface area (Å²) in [6.45, 7) is 12.7. The molecule has 1 aromatic heterocycles. The number of hydrogen-bond donors (Lipinski definition) is 3. The van der Waals surface area contributed by atoms with Gasteiger partial charge in [-0.1, -0.05) is 63.2 Å². The Morgan fingerprint density at radius 3 is 2.43 bits per heavy atom. The van der Waals surface area contributed by atoms with Crippen LogP contribution in [0.2, 0.25) is 0 Å². The molecule has 0 bridgehead atoms. The molecule has 8 heteroatoms. The number of benzene rings is 3. The number of nitrogens with zero attached hydrogens (tertiary/aromatic N) is 2. The number of rotatable bonds is 9. The number of methoxy groups -OCH3 is 1. The summed E-state index contributed by atoms with van der Waals surface area (Å²) in [6.07, 6.45) is 1.93. The third kappa shape index (κ3) is 7.26. The highest BCUT2D eigenvalue weighted by molar-refractivity contribution is 6.10. The molecule has 8 nitrogen and oxygen atoms in total. The molecule has 0 atom stereocenters. The van der Waals surface area contributed by atoms with Crippen molar-refractivity contribution in [3.8, 4) is 16.9 Å². The molecule has 0 radical (unpaired) electrons. The molecule has 1 aliphatic rings. The molecule has 3 N–H and O–H groups in total. The molecule has 1 aliphatic heterocycles. The molecule has 1 saturated heterocycles. The predicted octanol–water partition coefficient (Wildman–Crippen LogP) is 6.27. The number of carbonyl (C=O) groups excluding carboxylic acids is 1. The zero-order valence-electron chi connectivity index (χ0n) is 25.0. The lowest BCUT2D eigenvalue weighted by Gasteiger charge is -2.26. The normalized spacial score (nSPS) is 14.1. The van der Waals surface area contributed by atoms with E-state index >= 15 is 0 Å². The summed E-state index contributed by atoms with van der Waals surface area (Å²) in [5, 5.41) is 11.5. The first-order chi connectivity index (χ1) is 20.3. The molecule has 220 valence electrons. The maximum Gasteiger partial charge on any atom is 0.323 e. The lowest BCUT2D eigenvalue weighted by Crippen LogP contribution is -2.40. The highest BCUT2D eigenvalue weighted by Gasteiger charge is 2.18. The Morgan fingerprint density at radius 1 is 0.952 bits per heavy atom. The zero-order chi connectivity index (χ0) is 29.5. The Balaban J connectivity index is 1.27. The van der Waals surface area contributed by atoms with Crippen LogP contribution in [0.3, 0.4) is 0 Å². The second-order valence-electron chi connectivity index (χ2n) is 11.6. The van der Waals surface area contributed by atoms with Crippen molar-refractivity contribution in [1.82, 2.24) is 15.2 Å². The summed E-state index contributed by atoms with van der Waals surface area (Å²) in [7, 11) is 1.60. The summed E-state index contributed by atoms with van der Waals surface area (Å²) >= 11 is 0. The van der Waals surface area contributed by atoms with Gasteiger partial charge in [0.15, 0.2) is 0 Å². The van der Waals surface area contributed by atoms with Gasteiger partial charge in [-0.05, 0) is 46.2 Å². The van der Waals surface area contributed by atoms with E-state index in [0.29, 0.717) is 11.4 Å². The van der Waals surface area contributed by atoms with Crippen molar-refractivity contribution in [2.45, 2.75) is 32.7 Å². The van der Waals surface area contributed by atoms with E-state index in [2.05, 4.69) is 59.8 Å². The predicted molar refractivity (Wildman–Crippen MR) is 170 cm³/mol. The molecule has 0 saturated carbocycles. The van der Waals surface area contributed by atoms with E-state index in [9.17, 15) is 4.79 Å². The first-order valence-corrected chi connectivity index (χ1v) is 14.6. The van der Waals surface area contributed by atoms with Crippen LogP contribution in [-0.4, -0.2) is 62.4 Å². The molecule has 4 aromatic rings. The number of aromatic nitrogens is 1. The minimum Gasteiger partial charge on any atom is -0.495 e. The van der Waals surface area contributed by atoms with Crippen molar-refractivity contribution in [2.75, 3.05) is 57.1 Å².